The lowest BCUT2D eigenvalue weighted by Crippen LogP contribution is -2.09. The average molecular weight is 309 g/mol. The van der Waals surface area contributed by atoms with Gasteiger partial charge in [0.15, 0.2) is 9.84 Å². The minimum atomic E-state index is -3.67. The van der Waals surface area contributed by atoms with Gasteiger partial charge >= 0.3 is 5.97 Å². The zero-order chi connectivity index (χ0) is 15.6. The first-order valence-corrected chi connectivity index (χ1v) is 8.00. The number of aryl methyl sites for hydroxylation is 2. The van der Waals surface area contributed by atoms with Gasteiger partial charge in [0.25, 0.3) is 0 Å². The molecule has 0 spiro atoms. The van der Waals surface area contributed by atoms with Crippen molar-refractivity contribution < 1.29 is 22.8 Å². The molecule has 0 aliphatic rings. The molecule has 0 atom stereocenters. The van der Waals surface area contributed by atoms with E-state index in [1.54, 1.807) is 6.92 Å². The number of benzene rings is 1. The molecule has 0 unspecified atom stereocenters. The molecule has 21 heavy (non-hydrogen) atoms. The molecule has 2 aromatic rings. The first-order valence-electron chi connectivity index (χ1n) is 6.34. The van der Waals surface area contributed by atoms with E-state index in [0.29, 0.717) is 23.4 Å². The molecule has 2 rings (SSSR count). The highest BCUT2D eigenvalue weighted by atomic mass is 32.2. The minimum absolute atomic E-state index is 0.00917. The second kappa shape index (κ2) is 5.69. The number of sulfone groups is 1. The highest BCUT2D eigenvalue weighted by Gasteiger charge is 2.20. The van der Waals surface area contributed by atoms with Crippen molar-refractivity contribution >= 4 is 15.8 Å². The van der Waals surface area contributed by atoms with Gasteiger partial charge in [0.1, 0.15) is 11.5 Å². The van der Waals surface area contributed by atoms with E-state index in [9.17, 15) is 13.2 Å². The first kappa shape index (κ1) is 15.2. The van der Waals surface area contributed by atoms with Gasteiger partial charge in [-0.15, -0.1) is 0 Å². The van der Waals surface area contributed by atoms with Crippen LogP contribution in [0.4, 0.5) is 0 Å². The number of nitrogens with zero attached hydrogens (tertiary/aromatic N) is 1. The Morgan fingerprint density at radius 1 is 1.33 bits per heavy atom. The molecule has 0 saturated heterocycles. The predicted octanol–water partition coefficient (Wildman–Crippen LogP) is 2.22. The molecule has 0 aliphatic heterocycles. The van der Waals surface area contributed by atoms with Crippen molar-refractivity contribution in [3.05, 3.63) is 46.8 Å². The Labute approximate surface area is 122 Å². The van der Waals surface area contributed by atoms with Crippen molar-refractivity contribution in [1.29, 1.82) is 0 Å². The molecule has 0 saturated carbocycles. The molecular formula is C14H15NO5S. The second-order valence-electron chi connectivity index (χ2n) is 4.67. The van der Waals surface area contributed by atoms with Crippen LogP contribution in [0.3, 0.4) is 0 Å². The summed E-state index contributed by atoms with van der Waals surface area (Å²) in [4.78, 5) is 11.2. The van der Waals surface area contributed by atoms with E-state index in [0.717, 1.165) is 0 Å². The number of carboxylic acid groups (broad SMARTS) is 1. The molecule has 112 valence electrons. The number of aromatic carboxylic acids is 1. The van der Waals surface area contributed by atoms with Crippen LogP contribution in [-0.2, 0) is 22.0 Å². The van der Waals surface area contributed by atoms with Crippen LogP contribution in [0.25, 0.3) is 0 Å². The average Bonchev–Trinajstić information content (AvgIpc) is 2.82. The number of carboxylic acids is 1. The van der Waals surface area contributed by atoms with Crippen LogP contribution in [-0.4, -0.2) is 24.7 Å². The molecule has 6 nitrogen and oxygen atoms in total. The maximum Gasteiger partial charge on any atom is 0.336 e. The van der Waals surface area contributed by atoms with Gasteiger partial charge in [0.2, 0.25) is 0 Å². The largest absolute Gasteiger partial charge is 0.478 e. The third-order valence-electron chi connectivity index (χ3n) is 3.07. The Kier molecular flexibility index (Phi) is 4.13. The van der Waals surface area contributed by atoms with Crippen LogP contribution in [0.5, 0.6) is 0 Å². The zero-order valence-corrected chi connectivity index (χ0v) is 12.5. The van der Waals surface area contributed by atoms with E-state index < -0.39 is 15.8 Å². The molecule has 7 heteroatoms. The van der Waals surface area contributed by atoms with E-state index in [1.807, 2.05) is 6.92 Å². The smallest absolute Gasteiger partial charge is 0.336 e. The van der Waals surface area contributed by atoms with Gasteiger partial charge in [-0.05, 0) is 31.0 Å². The third-order valence-corrected chi connectivity index (χ3v) is 4.71. The van der Waals surface area contributed by atoms with Crippen molar-refractivity contribution in [3.8, 4) is 0 Å². The Bertz CT molecular complexity index is 776. The van der Waals surface area contributed by atoms with Crippen LogP contribution < -0.4 is 0 Å². The Hall–Kier alpha value is -2.15. The summed E-state index contributed by atoms with van der Waals surface area (Å²) in [6.45, 7) is 3.48. The molecule has 0 amide bonds. The summed E-state index contributed by atoms with van der Waals surface area (Å²) in [6.07, 6.45) is 0.518. The highest BCUT2D eigenvalue weighted by molar-refractivity contribution is 7.90. The minimum Gasteiger partial charge on any atom is -0.478 e. The summed E-state index contributed by atoms with van der Waals surface area (Å²) in [6, 6.07) is 5.69. The molecule has 0 fully saturated rings. The van der Waals surface area contributed by atoms with Crippen molar-refractivity contribution in [2.75, 3.05) is 0 Å². The molecule has 1 aromatic carbocycles. The highest BCUT2D eigenvalue weighted by Crippen LogP contribution is 2.21. The van der Waals surface area contributed by atoms with Gasteiger partial charge in [-0.3, -0.25) is 0 Å². The van der Waals surface area contributed by atoms with Crippen molar-refractivity contribution in [2.45, 2.75) is 30.9 Å². The van der Waals surface area contributed by atoms with Gasteiger partial charge in [0, 0.05) is 6.07 Å². The maximum absolute atomic E-state index is 12.3. The fraction of sp³-hybridized carbons (Fsp3) is 0.286. The predicted molar refractivity (Wildman–Crippen MR) is 74.9 cm³/mol. The standard InChI is InChI=1S/C14H15NO5S/c1-3-10-4-5-12(7-13(10)14(16)17)21(18,19)8-11-6-9(2)20-15-11/h4-7H,3,8H2,1-2H3,(H,16,17). The molecular weight excluding hydrogens is 294 g/mol. The lowest BCUT2D eigenvalue weighted by molar-refractivity contribution is 0.0695. The number of rotatable bonds is 5. The quantitative estimate of drug-likeness (QED) is 0.909. The van der Waals surface area contributed by atoms with Gasteiger partial charge < -0.3 is 9.63 Å². The summed E-state index contributed by atoms with van der Waals surface area (Å²) >= 11 is 0. The van der Waals surface area contributed by atoms with Crippen LogP contribution in [0, 0.1) is 6.92 Å². The van der Waals surface area contributed by atoms with Crippen molar-refractivity contribution in [2.24, 2.45) is 0 Å². The summed E-state index contributed by atoms with van der Waals surface area (Å²) in [7, 11) is -3.67. The molecule has 1 N–H and O–H groups in total. The summed E-state index contributed by atoms with van der Waals surface area (Å²) in [5.41, 5.74) is 0.901. The van der Waals surface area contributed by atoms with Crippen LogP contribution in [0.15, 0.2) is 33.7 Å². The number of hydrogen-bond acceptors (Lipinski definition) is 5. The Balaban J connectivity index is 2.40. The SMILES string of the molecule is CCc1ccc(S(=O)(=O)Cc2cc(C)on2)cc1C(=O)O. The molecule has 0 aliphatic carbocycles. The fourth-order valence-electron chi connectivity index (χ4n) is 2.02. The van der Waals surface area contributed by atoms with E-state index in [1.165, 1.54) is 24.3 Å². The summed E-state index contributed by atoms with van der Waals surface area (Å²) in [5.74, 6) is -0.941. The zero-order valence-electron chi connectivity index (χ0n) is 11.7. The van der Waals surface area contributed by atoms with Gasteiger partial charge in [-0.2, -0.15) is 0 Å². The first-order chi connectivity index (χ1) is 9.83. The monoisotopic (exact) mass is 309 g/mol. The van der Waals surface area contributed by atoms with E-state index in [-0.39, 0.29) is 16.2 Å². The topological polar surface area (TPSA) is 97.5 Å². The lowest BCUT2D eigenvalue weighted by atomic mass is 10.1. The van der Waals surface area contributed by atoms with Crippen LogP contribution in [0.1, 0.15) is 34.3 Å². The number of aromatic nitrogens is 1. The van der Waals surface area contributed by atoms with E-state index in [4.69, 9.17) is 9.63 Å². The van der Waals surface area contributed by atoms with E-state index >= 15 is 0 Å². The summed E-state index contributed by atoms with van der Waals surface area (Å²) in [5, 5.41) is 12.8. The van der Waals surface area contributed by atoms with Gasteiger partial charge in [0.05, 0.1) is 16.2 Å². The Morgan fingerprint density at radius 3 is 2.57 bits per heavy atom. The van der Waals surface area contributed by atoms with E-state index in [2.05, 4.69) is 5.16 Å². The third kappa shape index (κ3) is 3.30. The number of hydrogen-bond donors (Lipinski definition) is 1. The molecule has 0 bridgehead atoms. The lowest BCUT2D eigenvalue weighted by Gasteiger charge is -2.07. The fourth-order valence-corrected chi connectivity index (χ4v) is 3.29. The van der Waals surface area contributed by atoms with Gasteiger partial charge in [-0.25, -0.2) is 13.2 Å². The van der Waals surface area contributed by atoms with Gasteiger partial charge in [-0.1, -0.05) is 18.1 Å². The normalized spacial score (nSPS) is 11.5. The van der Waals surface area contributed by atoms with Crippen LogP contribution in [0.2, 0.25) is 0 Å². The summed E-state index contributed by atoms with van der Waals surface area (Å²) < 4.78 is 29.5. The molecule has 0 radical (unpaired) electrons. The molecule has 1 aromatic heterocycles. The van der Waals surface area contributed by atoms with Crippen LogP contribution >= 0.6 is 0 Å². The molecule has 1 heterocycles. The Morgan fingerprint density at radius 2 is 2.05 bits per heavy atom. The number of carbonyl (C=O) groups is 1. The maximum atomic E-state index is 12.3. The van der Waals surface area contributed by atoms with Crippen molar-refractivity contribution in [1.82, 2.24) is 5.16 Å². The van der Waals surface area contributed by atoms with Crippen molar-refractivity contribution in [3.63, 3.8) is 0 Å². The second-order valence-corrected chi connectivity index (χ2v) is 6.66.